The number of benzene rings is 2. The summed E-state index contributed by atoms with van der Waals surface area (Å²) in [6.45, 7) is 5.55. The van der Waals surface area contributed by atoms with Crippen molar-refractivity contribution in [3.8, 4) is 0 Å². The third kappa shape index (κ3) is 4.43. The summed E-state index contributed by atoms with van der Waals surface area (Å²) < 4.78 is 7.56. The minimum Gasteiger partial charge on any atom is -0.467 e. The first-order chi connectivity index (χ1) is 14.1. The molecule has 0 aliphatic rings. The quantitative estimate of drug-likeness (QED) is 0.477. The predicted octanol–water partition coefficient (Wildman–Crippen LogP) is 5.15. The van der Waals surface area contributed by atoms with Gasteiger partial charge in [0.15, 0.2) is 0 Å². The zero-order valence-corrected chi connectivity index (χ0v) is 16.9. The molecule has 0 aliphatic carbocycles. The van der Waals surface area contributed by atoms with Crippen LogP contribution >= 0.6 is 0 Å². The van der Waals surface area contributed by atoms with E-state index >= 15 is 0 Å². The summed E-state index contributed by atoms with van der Waals surface area (Å²) in [7, 11) is 0. The van der Waals surface area contributed by atoms with Crippen molar-refractivity contribution in [3.63, 3.8) is 0 Å². The van der Waals surface area contributed by atoms with Crippen LogP contribution in [0.4, 0.5) is 0 Å². The second-order valence-corrected chi connectivity index (χ2v) is 7.59. The molecule has 0 fully saturated rings. The van der Waals surface area contributed by atoms with E-state index < -0.39 is 0 Å². The van der Waals surface area contributed by atoms with E-state index in [0.29, 0.717) is 19.4 Å². The Bertz CT molecular complexity index is 1120. The van der Waals surface area contributed by atoms with Crippen LogP contribution in [0, 0.1) is 13.8 Å². The number of para-hydroxylation sites is 1. The van der Waals surface area contributed by atoms with Gasteiger partial charge in [-0.15, -0.1) is 0 Å². The van der Waals surface area contributed by atoms with E-state index in [1.165, 1.54) is 33.2 Å². The highest BCUT2D eigenvalue weighted by molar-refractivity contribution is 5.85. The molecule has 0 saturated heterocycles. The van der Waals surface area contributed by atoms with E-state index in [-0.39, 0.29) is 5.91 Å². The number of hydrogen-bond donors (Lipinski definition) is 1. The van der Waals surface area contributed by atoms with Crippen LogP contribution in [-0.4, -0.2) is 10.5 Å². The zero-order valence-electron chi connectivity index (χ0n) is 16.9. The van der Waals surface area contributed by atoms with Crippen molar-refractivity contribution in [1.82, 2.24) is 9.88 Å². The Balaban J connectivity index is 1.50. The van der Waals surface area contributed by atoms with Gasteiger partial charge in [0.25, 0.3) is 0 Å². The number of nitrogens with one attached hydrogen (secondary N) is 1. The number of rotatable bonds is 7. The van der Waals surface area contributed by atoms with Gasteiger partial charge in [0.1, 0.15) is 5.76 Å². The lowest BCUT2D eigenvalue weighted by atomic mass is 10.1. The van der Waals surface area contributed by atoms with Crippen molar-refractivity contribution < 1.29 is 9.21 Å². The molecule has 0 unspecified atom stereocenters. The summed E-state index contributed by atoms with van der Waals surface area (Å²) in [4.78, 5) is 12.3. The number of aryl methyl sites for hydroxylation is 3. The minimum atomic E-state index is 0.0350. The first kappa shape index (κ1) is 19.1. The second kappa shape index (κ2) is 8.39. The minimum absolute atomic E-state index is 0.0350. The maximum Gasteiger partial charge on any atom is 0.220 e. The molecular formula is C25H26N2O2. The first-order valence-electron chi connectivity index (χ1n) is 10.0. The number of carbonyl (C=O) groups is 1. The topological polar surface area (TPSA) is 47.2 Å². The van der Waals surface area contributed by atoms with Gasteiger partial charge in [-0.05, 0) is 55.2 Å². The van der Waals surface area contributed by atoms with Gasteiger partial charge in [0.05, 0.1) is 12.8 Å². The molecule has 0 atom stereocenters. The highest BCUT2D eigenvalue weighted by Crippen LogP contribution is 2.24. The average molecular weight is 386 g/mol. The van der Waals surface area contributed by atoms with Crippen LogP contribution in [0.25, 0.3) is 10.9 Å². The Morgan fingerprint density at radius 1 is 1.03 bits per heavy atom. The van der Waals surface area contributed by atoms with Gasteiger partial charge in [-0.3, -0.25) is 4.79 Å². The fourth-order valence-corrected chi connectivity index (χ4v) is 3.74. The van der Waals surface area contributed by atoms with E-state index in [1.807, 2.05) is 12.1 Å². The molecule has 4 rings (SSSR count). The molecule has 0 radical (unpaired) electrons. The van der Waals surface area contributed by atoms with E-state index in [9.17, 15) is 4.79 Å². The van der Waals surface area contributed by atoms with Gasteiger partial charge in [0.2, 0.25) is 5.91 Å². The van der Waals surface area contributed by atoms with Crippen molar-refractivity contribution >= 4 is 16.8 Å². The Morgan fingerprint density at radius 2 is 1.90 bits per heavy atom. The number of hydrogen-bond acceptors (Lipinski definition) is 2. The van der Waals surface area contributed by atoms with Crippen LogP contribution in [0.15, 0.2) is 71.5 Å². The van der Waals surface area contributed by atoms with E-state index in [4.69, 9.17) is 4.42 Å². The van der Waals surface area contributed by atoms with Gasteiger partial charge in [-0.1, -0.05) is 42.0 Å². The molecule has 0 saturated carbocycles. The molecule has 4 heteroatoms. The van der Waals surface area contributed by atoms with Crippen LogP contribution in [-0.2, 0) is 24.3 Å². The average Bonchev–Trinajstić information content (AvgIpc) is 3.36. The predicted molar refractivity (Wildman–Crippen MR) is 116 cm³/mol. The maximum atomic E-state index is 12.3. The second-order valence-electron chi connectivity index (χ2n) is 7.59. The van der Waals surface area contributed by atoms with Crippen LogP contribution in [0.5, 0.6) is 0 Å². The normalized spacial score (nSPS) is 11.1. The summed E-state index contributed by atoms with van der Waals surface area (Å²) in [5.74, 6) is 0.802. The molecule has 1 amide bonds. The SMILES string of the molecule is Cc1ccc(C)c(Cn2cc(CCC(=O)NCc3ccco3)c3ccccc32)c1. The lowest BCUT2D eigenvalue weighted by Gasteiger charge is -2.09. The van der Waals surface area contributed by atoms with Crippen molar-refractivity contribution in [2.24, 2.45) is 0 Å². The Labute approximate surface area is 171 Å². The van der Waals surface area contributed by atoms with Gasteiger partial charge >= 0.3 is 0 Å². The van der Waals surface area contributed by atoms with Crippen molar-refractivity contribution in [2.45, 2.75) is 39.8 Å². The number of fused-ring (bicyclic) bond motifs is 1. The van der Waals surface area contributed by atoms with Gasteiger partial charge in [-0.25, -0.2) is 0 Å². The van der Waals surface area contributed by atoms with Crippen LogP contribution in [0.1, 0.15) is 34.4 Å². The molecule has 148 valence electrons. The fourth-order valence-electron chi connectivity index (χ4n) is 3.74. The molecule has 2 aromatic carbocycles. The third-order valence-corrected chi connectivity index (χ3v) is 5.38. The standard InChI is InChI=1S/C25H26N2O2/c1-18-9-10-19(2)21(14-18)17-27-16-20(23-7-3-4-8-24(23)27)11-12-25(28)26-15-22-6-5-13-29-22/h3-10,13-14,16H,11-12,15,17H2,1-2H3,(H,26,28). The lowest BCUT2D eigenvalue weighted by Crippen LogP contribution is -2.22. The molecule has 4 aromatic rings. The highest BCUT2D eigenvalue weighted by Gasteiger charge is 2.11. The number of furan rings is 1. The first-order valence-corrected chi connectivity index (χ1v) is 10.0. The third-order valence-electron chi connectivity index (χ3n) is 5.38. The summed E-state index contributed by atoms with van der Waals surface area (Å²) >= 11 is 0. The summed E-state index contributed by atoms with van der Waals surface area (Å²) in [5.41, 5.74) is 6.31. The largest absolute Gasteiger partial charge is 0.467 e. The number of amides is 1. The van der Waals surface area contributed by atoms with Crippen LogP contribution in [0.3, 0.4) is 0 Å². The molecule has 2 heterocycles. The Morgan fingerprint density at radius 3 is 2.72 bits per heavy atom. The van der Waals surface area contributed by atoms with E-state index in [2.05, 4.69) is 72.4 Å². The molecule has 1 N–H and O–H groups in total. The van der Waals surface area contributed by atoms with E-state index in [1.54, 1.807) is 6.26 Å². The number of nitrogens with zero attached hydrogens (tertiary/aromatic N) is 1. The lowest BCUT2D eigenvalue weighted by molar-refractivity contribution is -0.121. The van der Waals surface area contributed by atoms with E-state index in [0.717, 1.165) is 12.3 Å². The van der Waals surface area contributed by atoms with Crippen molar-refractivity contribution in [2.75, 3.05) is 0 Å². The number of aromatic nitrogens is 1. The highest BCUT2D eigenvalue weighted by atomic mass is 16.3. The van der Waals surface area contributed by atoms with Crippen molar-refractivity contribution in [3.05, 3.63) is 95.1 Å². The van der Waals surface area contributed by atoms with Crippen molar-refractivity contribution in [1.29, 1.82) is 0 Å². The smallest absolute Gasteiger partial charge is 0.220 e. The number of carbonyl (C=O) groups excluding carboxylic acids is 1. The molecular weight excluding hydrogens is 360 g/mol. The molecule has 0 spiro atoms. The summed E-state index contributed by atoms with van der Waals surface area (Å²) in [6.07, 6.45) is 4.99. The van der Waals surface area contributed by atoms with Crippen LogP contribution < -0.4 is 5.32 Å². The van der Waals surface area contributed by atoms with Crippen LogP contribution in [0.2, 0.25) is 0 Å². The van der Waals surface area contributed by atoms with Gasteiger partial charge in [-0.2, -0.15) is 0 Å². The maximum absolute atomic E-state index is 12.3. The molecule has 29 heavy (non-hydrogen) atoms. The molecule has 4 nitrogen and oxygen atoms in total. The summed E-state index contributed by atoms with van der Waals surface area (Å²) in [6, 6.07) is 18.7. The zero-order chi connectivity index (χ0) is 20.2. The van der Waals surface area contributed by atoms with Gasteiger partial charge < -0.3 is 14.3 Å². The molecule has 0 aliphatic heterocycles. The summed E-state index contributed by atoms with van der Waals surface area (Å²) in [5, 5.41) is 4.14. The molecule has 2 aromatic heterocycles. The van der Waals surface area contributed by atoms with Gasteiger partial charge in [0, 0.05) is 30.1 Å². The Hall–Kier alpha value is -3.27. The molecule has 0 bridgehead atoms. The monoisotopic (exact) mass is 386 g/mol. The fraction of sp³-hybridized carbons (Fsp3) is 0.240. The Kier molecular flexibility index (Phi) is 5.52.